The van der Waals surface area contributed by atoms with Gasteiger partial charge in [-0.05, 0) is 30.3 Å². The number of aromatic nitrogens is 5. The van der Waals surface area contributed by atoms with Crippen LogP contribution in [0, 0.1) is 0 Å². The normalized spacial score (nSPS) is 11.9. The third-order valence-corrected chi connectivity index (χ3v) is 14.1. The van der Waals surface area contributed by atoms with Crippen LogP contribution in [0.25, 0.3) is 117 Å². The topological polar surface area (TPSA) is 64.5 Å². The maximum Gasteiger partial charge on any atom is 0.164 e. The minimum absolute atomic E-state index is 0.639. The van der Waals surface area contributed by atoms with Crippen molar-refractivity contribution in [2.24, 2.45) is 0 Å². The predicted molar refractivity (Wildman–Crippen MR) is 241 cm³/mol. The molecule has 266 valence electrons. The van der Waals surface area contributed by atoms with Crippen molar-refractivity contribution in [3.63, 3.8) is 0 Å². The van der Waals surface area contributed by atoms with E-state index in [-0.39, 0.29) is 0 Å². The average molecular weight is 782 g/mol. The molecule has 7 aromatic carbocycles. The monoisotopic (exact) mass is 781 g/mol. The van der Waals surface area contributed by atoms with Crippen molar-refractivity contribution in [3.8, 4) is 56.8 Å². The molecule has 12 rings (SSSR count). The Morgan fingerprint density at radius 2 is 0.912 bits per heavy atom. The van der Waals surface area contributed by atoms with Gasteiger partial charge >= 0.3 is 0 Å². The van der Waals surface area contributed by atoms with Gasteiger partial charge in [0.1, 0.15) is 0 Å². The third kappa shape index (κ3) is 5.29. The highest BCUT2D eigenvalue weighted by atomic mass is 32.1. The van der Waals surface area contributed by atoms with Gasteiger partial charge in [0.25, 0.3) is 0 Å². The quantitative estimate of drug-likeness (QED) is 0.174. The highest BCUT2D eigenvalue weighted by molar-refractivity contribution is 7.27. The van der Waals surface area contributed by atoms with E-state index >= 15 is 0 Å². The van der Waals surface area contributed by atoms with Crippen LogP contribution < -0.4 is 0 Å². The lowest BCUT2D eigenvalue weighted by Gasteiger charge is -2.09. The van der Waals surface area contributed by atoms with E-state index in [1.807, 2.05) is 24.3 Å². The predicted octanol–water partition coefficient (Wildman–Crippen LogP) is 14.1. The zero-order valence-electron chi connectivity index (χ0n) is 30.0. The third-order valence-electron chi connectivity index (χ3n) is 10.6. The molecule has 0 saturated heterocycles. The van der Waals surface area contributed by atoms with Crippen LogP contribution in [0.15, 0.2) is 164 Å². The summed E-state index contributed by atoms with van der Waals surface area (Å²) in [6.07, 6.45) is 0. The summed E-state index contributed by atoms with van der Waals surface area (Å²) < 4.78 is 7.08. The van der Waals surface area contributed by atoms with Gasteiger partial charge in [-0.1, -0.05) is 133 Å². The van der Waals surface area contributed by atoms with E-state index in [2.05, 4.69) is 140 Å². The lowest BCUT2D eigenvalue weighted by molar-refractivity contribution is 1.08. The number of hydrogen-bond donors (Lipinski definition) is 0. The van der Waals surface area contributed by atoms with Gasteiger partial charge in [0, 0.05) is 78.2 Å². The average Bonchev–Trinajstić information content (AvgIpc) is 3.97. The van der Waals surface area contributed by atoms with Crippen LogP contribution in [0.3, 0.4) is 0 Å². The Morgan fingerprint density at radius 1 is 0.316 bits per heavy atom. The summed E-state index contributed by atoms with van der Waals surface area (Å²) in [5.41, 5.74) is 6.95. The summed E-state index contributed by atoms with van der Waals surface area (Å²) in [6.45, 7) is 0. The van der Waals surface area contributed by atoms with Gasteiger partial charge in [0.05, 0.1) is 15.9 Å². The molecule has 0 amide bonds. The molecule has 5 heterocycles. The van der Waals surface area contributed by atoms with Gasteiger partial charge < -0.3 is 0 Å². The Labute approximate surface area is 338 Å². The second-order valence-corrected chi connectivity index (χ2v) is 17.2. The Bertz CT molecular complexity index is 3530. The summed E-state index contributed by atoms with van der Waals surface area (Å²) in [4.78, 5) is 26.1. The molecule has 0 fully saturated rings. The molecule has 0 spiro atoms. The van der Waals surface area contributed by atoms with E-state index in [0.717, 1.165) is 64.3 Å². The molecular formula is C49H27N5S3. The molecule has 12 aromatic rings. The smallest absolute Gasteiger partial charge is 0.164 e. The van der Waals surface area contributed by atoms with Gasteiger partial charge in [0.15, 0.2) is 23.3 Å². The fourth-order valence-electron chi connectivity index (χ4n) is 7.92. The van der Waals surface area contributed by atoms with Crippen LogP contribution in [0.5, 0.6) is 0 Å². The molecular weight excluding hydrogens is 755 g/mol. The highest BCUT2D eigenvalue weighted by Crippen LogP contribution is 2.44. The molecule has 0 bridgehead atoms. The minimum atomic E-state index is 0.639. The van der Waals surface area contributed by atoms with Crippen molar-refractivity contribution in [2.75, 3.05) is 0 Å². The molecule has 0 N–H and O–H groups in total. The summed E-state index contributed by atoms with van der Waals surface area (Å²) >= 11 is 5.32. The van der Waals surface area contributed by atoms with Crippen LogP contribution in [-0.2, 0) is 0 Å². The Kier molecular flexibility index (Phi) is 7.38. The number of rotatable bonds is 5. The van der Waals surface area contributed by atoms with Gasteiger partial charge in [-0.3, -0.25) is 0 Å². The molecule has 5 nitrogen and oxygen atoms in total. The zero-order chi connectivity index (χ0) is 37.5. The first-order valence-corrected chi connectivity index (χ1v) is 21.1. The second-order valence-electron chi connectivity index (χ2n) is 14.0. The molecule has 5 aromatic heterocycles. The summed E-state index contributed by atoms with van der Waals surface area (Å²) in [6, 6.07) is 57.2. The molecule has 0 atom stereocenters. The molecule has 0 saturated carbocycles. The maximum atomic E-state index is 5.32. The number of benzene rings is 7. The van der Waals surface area contributed by atoms with E-state index < -0.39 is 0 Å². The van der Waals surface area contributed by atoms with Gasteiger partial charge in [-0.15, -0.1) is 34.0 Å². The van der Waals surface area contributed by atoms with E-state index in [4.69, 9.17) is 24.9 Å². The standard InChI is InChI=1S/C49H27N5S3/c1-3-13-28(14-4-1)42-45-43(34-18-8-10-23-38(34)56-45)51-49(50-42)36-21-11-19-32-31-26-25-30(27-40(31)57-44(32)36)47-52-46(29-15-5-2-6-16-29)53-48(54-47)35-20-12-24-39-41(35)33-17-7-9-22-37(33)55-39/h1-27H. The highest BCUT2D eigenvalue weighted by Gasteiger charge is 2.21. The number of nitrogens with zero attached hydrogens (tertiary/aromatic N) is 5. The summed E-state index contributed by atoms with van der Waals surface area (Å²) in [5, 5.41) is 5.90. The van der Waals surface area contributed by atoms with Crippen LogP contribution in [0.4, 0.5) is 0 Å². The Hall–Kier alpha value is -6.71. The van der Waals surface area contributed by atoms with Crippen LogP contribution in [0.1, 0.15) is 0 Å². The SMILES string of the molecule is c1ccc(-c2nc(-c3ccc4c(c3)sc3c(-c5nc(-c6ccccc6)c6sc7ccccc7c6n5)cccc34)nc(-c3cccc4sc5ccccc5c34)n2)cc1. The zero-order valence-corrected chi connectivity index (χ0v) is 32.5. The van der Waals surface area contributed by atoms with Crippen LogP contribution >= 0.6 is 34.0 Å². The molecule has 0 aliphatic rings. The van der Waals surface area contributed by atoms with E-state index in [0.29, 0.717) is 17.5 Å². The van der Waals surface area contributed by atoms with Crippen LogP contribution in [-0.4, -0.2) is 24.9 Å². The van der Waals surface area contributed by atoms with Gasteiger partial charge in [0.2, 0.25) is 0 Å². The minimum Gasteiger partial charge on any atom is -0.226 e. The molecule has 57 heavy (non-hydrogen) atoms. The number of fused-ring (bicyclic) bond motifs is 9. The van der Waals surface area contributed by atoms with Gasteiger partial charge in [-0.25, -0.2) is 24.9 Å². The number of hydrogen-bond acceptors (Lipinski definition) is 8. The van der Waals surface area contributed by atoms with E-state index in [1.165, 1.54) is 35.6 Å². The molecule has 0 radical (unpaired) electrons. The Balaban J connectivity index is 1.04. The fourth-order valence-corrected chi connectivity index (χ4v) is 11.5. The first kappa shape index (κ1) is 32.5. The van der Waals surface area contributed by atoms with E-state index in [9.17, 15) is 0 Å². The van der Waals surface area contributed by atoms with Crippen LogP contribution in [0.2, 0.25) is 0 Å². The number of thiophene rings is 3. The van der Waals surface area contributed by atoms with E-state index in [1.54, 1.807) is 34.0 Å². The van der Waals surface area contributed by atoms with Crippen molar-refractivity contribution in [1.29, 1.82) is 0 Å². The summed E-state index contributed by atoms with van der Waals surface area (Å²) in [5.74, 6) is 2.68. The fraction of sp³-hybridized carbons (Fsp3) is 0. The second kappa shape index (κ2) is 12.9. The molecule has 0 unspecified atom stereocenters. The lowest BCUT2D eigenvalue weighted by atomic mass is 10.0. The van der Waals surface area contributed by atoms with Crippen molar-refractivity contribution in [2.45, 2.75) is 0 Å². The lowest BCUT2D eigenvalue weighted by Crippen LogP contribution is -2.00. The molecule has 0 aliphatic carbocycles. The first-order chi connectivity index (χ1) is 28.2. The maximum absolute atomic E-state index is 5.32. The van der Waals surface area contributed by atoms with Crippen molar-refractivity contribution in [1.82, 2.24) is 24.9 Å². The van der Waals surface area contributed by atoms with Gasteiger partial charge in [-0.2, -0.15) is 0 Å². The summed E-state index contributed by atoms with van der Waals surface area (Å²) in [7, 11) is 0. The van der Waals surface area contributed by atoms with Crippen molar-refractivity contribution in [3.05, 3.63) is 164 Å². The largest absolute Gasteiger partial charge is 0.226 e. The molecule has 8 heteroatoms. The van der Waals surface area contributed by atoms with Crippen molar-refractivity contribution >= 4 is 94.7 Å². The Morgan fingerprint density at radius 3 is 1.74 bits per heavy atom. The first-order valence-electron chi connectivity index (χ1n) is 18.7. The molecule has 0 aliphatic heterocycles. The van der Waals surface area contributed by atoms with Crippen molar-refractivity contribution < 1.29 is 0 Å².